The van der Waals surface area contributed by atoms with Crippen molar-refractivity contribution < 1.29 is 28.8 Å². The van der Waals surface area contributed by atoms with Crippen LogP contribution in [0.4, 0.5) is 0 Å². The molecule has 2 aliphatic heterocycles. The van der Waals surface area contributed by atoms with E-state index >= 15 is 0 Å². The molecule has 9 nitrogen and oxygen atoms in total. The van der Waals surface area contributed by atoms with Gasteiger partial charge in [0.1, 0.15) is 0 Å². The van der Waals surface area contributed by atoms with Gasteiger partial charge in [0, 0.05) is 11.1 Å². The SMILES string of the molecule is CCOC(=O)C1=C(c2ccccc2)N=c2s/c(=C\c3cccc(OC)c3O)c(=O)n2[C@H]1c1ccc2c(c1)OCO2. The molecule has 10 heteroatoms. The molecular weight excluding hydrogens is 532 g/mol. The average molecular weight is 557 g/mol. The number of carbonyl (C=O) groups excluding carboxylic acids is 1. The molecule has 0 unspecified atom stereocenters. The predicted octanol–water partition coefficient (Wildman–Crippen LogP) is 3.38. The van der Waals surface area contributed by atoms with Crippen LogP contribution in [0, 0.1) is 0 Å². The average Bonchev–Trinajstić information content (AvgIpc) is 3.57. The Labute approximate surface area is 232 Å². The van der Waals surface area contributed by atoms with Gasteiger partial charge in [-0.15, -0.1) is 0 Å². The molecule has 2 aliphatic rings. The topological polar surface area (TPSA) is 109 Å². The number of methoxy groups -OCH3 is 1. The van der Waals surface area contributed by atoms with E-state index in [2.05, 4.69) is 0 Å². The van der Waals surface area contributed by atoms with Crippen LogP contribution in [0.15, 0.2) is 82.1 Å². The van der Waals surface area contributed by atoms with Crippen LogP contribution in [-0.4, -0.2) is 36.2 Å². The lowest BCUT2D eigenvalue weighted by Gasteiger charge is -2.26. The number of thiazole rings is 1. The van der Waals surface area contributed by atoms with Gasteiger partial charge in [0.2, 0.25) is 6.79 Å². The maximum atomic E-state index is 14.0. The minimum Gasteiger partial charge on any atom is -0.504 e. The van der Waals surface area contributed by atoms with Crippen LogP contribution in [-0.2, 0) is 9.53 Å². The van der Waals surface area contributed by atoms with E-state index in [1.54, 1.807) is 49.4 Å². The third kappa shape index (κ3) is 4.32. The first kappa shape index (κ1) is 25.4. The van der Waals surface area contributed by atoms with Gasteiger partial charge in [0.05, 0.1) is 35.6 Å². The van der Waals surface area contributed by atoms with Crippen LogP contribution < -0.4 is 29.1 Å². The summed E-state index contributed by atoms with van der Waals surface area (Å²) in [5.74, 6) is 0.723. The molecule has 202 valence electrons. The monoisotopic (exact) mass is 556 g/mol. The number of fused-ring (bicyclic) bond motifs is 2. The highest BCUT2D eigenvalue weighted by molar-refractivity contribution is 7.07. The molecule has 3 aromatic carbocycles. The van der Waals surface area contributed by atoms with Gasteiger partial charge in [-0.05, 0) is 36.8 Å². The van der Waals surface area contributed by atoms with E-state index < -0.39 is 12.0 Å². The number of benzene rings is 3. The van der Waals surface area contributed by atoms with E-state index in [-0.39, 0.29) is 36.0 Å². The number of aromatic nitrogens is 1. The van der Waals surface area contributed by atoms with E-state index in [0.717, 1.165) is 11.3 Å². The summed E-state index contributed by atoms with van der Waals surface area (Å²) in [6.45, 7) is 1.96. The van der Waals surface area contributed by atoms with Gasteiger partial charge in [-0.2, -0.15) is 0 Å². The van der Waals surface area contributed by atoms with Crippen molar-refractivity contribution in [2.45, 2.75) is 13.0 Å². The van der Waals surface area contributed by atoms with Crippen molar-refractivity contribution in [3.8, 4) is 23.0 Å². The number of hydrogen-bond donors (Lipinski definition) is 1. The van der Waals surface area contributed by atoms with Gasteiger partial charge in [-0.25, -0.2) is 9.79 Å². The molecule has 6 rings (SSSR count). The summed E-state index contributed by atoms with van der Waals surface area (Å²) in [5, 5.41) is 10.6. The maximum absolute atomic E-state index is 14.0. The first-order valence-electron chi connectivity index (χ1n) is 12.5. The Morgan fingerprint density at radius 1 is 1.12 bits per heavy atom. The fraction of sp³-hybridized carbons (Fsp3) is 0.167. The van der Waals surface area contributed by atoms with E-state index in [1.165, 1.54) is 11.7 Å². The molecule has 0 spiro atoms. The van der Waals surface area contributed by atoms with E-state index in [0.29, 0.717) is 43.2 Å². The van der Waals surface area contributed by atoms with Gasteiger partial charge < -0.3 is 24.1 Å². The minimum absolute atomic E-state index is 0.0830. The quantitative estimate of drug-likeness (QED) is 0.363. The molecule has 0 amide bonds. The van der Waals surface area contributed by atoms with Crippen molar-refractivity contribution in [1.82, 2.24) is 4.57 Å². The van der Waals surface area contributed by atoms with Crippen molar-refractivity contribution in [2.24, 2.45) is 4.99 Å². The van der Waals surface area contributed by atoms with E-state index in [9.17, 15) is 14.7 Å². The first-order valence-corrected chi connectivity index (χ1v) is 13.4. The number of aromatic hydroxyl groups is 1. The second-order valence-corrected chi connectivity index (χ2v) is 9.95. The summed E-state index contributed by atoms with van der Waals surface area (Å²) >= 11 is 1.16. The summed E-state index contributed by atoms with van der Waals surface area (Å²) in [7, 11) is 1.46. The lowest BCUT2D eigenvalue weighted by Crippen LogP contribution is -2.40. The normalized spacial score (nSPS) is 15.9. The van der Waals surface area contributed by atoms with Crippen molar-refractivity contribution in [3.05, 3.63) is 109 Å². The van der Waals surface area contributed by atoms with Crippen LogP contribution >= 0.6 is 11.3 Å². The third-order valence-corrected chi connectivity index (χ3v) is 7.61. The fourth-order valence-electron chi connectivity index (χ4n) is 4.80. The van der Waals surface area contributed by atoms with Gasteiger partial charge in [0.25, 0.3) is 5.56 Å². The smallest absolute Gasteiger partial charge is 0.338 e. The highest BCUT2D eigenvalue weighted by atomic mass is 32.1. The highest BCUT2D eigenvalue weighted by Crippen LogP contribution is 2.40. The molecule has 0 radical (unpaired) electrons. The summed E-state index contributed by atoms with van der Waals surface area (Å²) in [6.07, 6.45) is 1.59. The number of nitrogens with zero attached hydrogens (tertiary/aromatic N) is 2. The van der Waals surface area contributed by atoms with Gasteiger partial charge in [-0.1, -0.05) is 59.9 Å². The molecule has 4 aromatic rings. The summed E-state index contributed by atoms with van der Waals surface area (Å²) in [4.78, 5) is 32.8. The molecule has 40 heavy (non-hydrogen) atoms. The Morgan fingerprint density at radius 2 is 1.93 bits per heavy atom. The molecule has 0 fully saturated rings. The second kappa shape index (κ2) is 10.4. The van der Waals surface area contributed by atoms with Crippen LogP contribution in [0.3, 0.4) is 0 Å². The molecule has 1 atom stereocenters. The fourth-order valence-corrected chi connectivity index (χ4v) is 5.79. The number of phenolic OH excluding ortho intramolecular Hbond substituents is 1. The number of hydrogen-bond acceptors (Lipinski definition) is 9. The number of rotatable bonds is 6. The third-order valence-electron chi connectivity index (χ3n) is 6.62. The maximum Gasteiger partial charge on any atom is 0.338 e. The molecule has 0 bridgehead atoms. The van der Waals surface area contributed by atoms with E-state index in [1.807, 2.05) is 30.3 Å². The van der Waals surface area contributed by atoms with Crippen LogP contribution in [0.1, 0.15) is 29.7 Å². The predicted molar refractivity (Wildman–Crippen MR) is 148 cm³/mol. The first-order chi connectivity index (χ1) is 19.5. The van der Waals surface area contributed by atoms with Crippen LogP contribution in [0.25, 0.3) is 11.8 Å². The van der Waals surface area contributed by atoms with Crippen molar-refractivity contribution in [3.63, 3.8) is 0 Å². The Bertz CT molecular complexity index is 1840. The number of para-hydroxylation sites is 1. The Balaban J connectivity index is 1.65. The Kier molecular flexibility index (Phi) is 6.61. The summed E-state index contributed by atoms with van der Waals surface area (Å²) in [6, 6.07) is 18.8. The zero-order chi connectivity index (χ0) is 27.8. The summed E-state index contributed by atoms with van der Waals surface area (Å²) < 4.78 is 23.6. The van der Waals surface area contributed by atoms with E-state index in [4.69, 9.17) is 23.9 Å². The zero-order valence-corrected chi connectivity index (χ0v) is 22.4. The minimum atomic E-state index is -0.860. The second-order valence-electron chi connectivity index (χ2n) is 8.94. The molecule has 0 saturated carbocycles. The highest BCUT2D eigenvalue weighted by Gasteiger charge is 2.36. The molecule has 1 aromatic heterocycles. The summed E-state index contributed by atoms with van der Waals surface area (Å²) in [5.41, 5.74) is 2.03. The van der Waals surface area contributed by atoms with Crippen LogP contribution in [0.2, 0.25) is 0 Å². The van der Waals surface area contributed by atoms with Crippen LogP contribution in [0.5, 0.6) is 23.0 Å². The van der Waals surface area contributed by atoms with Gasteiger partial charge in [-0.3, -0.25) is 9.36 Å². The molecule has 1 N–H and O–H groups in total. The van der Waals surface area contributed by atoms with Crippen molar-refractivity contribution in [1.29, 1.82) is 0 Å². The largest absolute Gasteiger partial charge is 0.504 e. The number of esters is 1. The Morgan fingerprint density at radius 3 is 2.70 bits per heavy atom. The number of carbonyl (C=O) groups is 1. The van der Waals surface area contributed by atoms with Gasteiger partial charge in [0.15, 0.2) is 27.8 Å². The van der Waals surface area contributed by atoms with Gasteiger partial charge >= 0.3 is 5.97 Å². The number of ether oxygens (including phenoxy) is 4. The molecular formula is C30H24N2O7S. The molecule has 3 heterocycles. The molecule has 0 saturated heterocycles. The zero-order valence-electron chi connectivity index (χ0n) is 21.6. The standard InChI is InChI=1S/C30H24N2O7S/c1-3-37-29(35)24-25(17-8-5-4-6-9-17)31-30-32(26(24)18-12-13-20-22(14-18)39-16-38-20)28(34)23(40-30)15-19-10-7-11-21(36-2)27(19)33/h4-15,26,33H,3,16H2,1-2H3/b23-15-/t26-/m0/s1. The lowest BCUT2D eigenvalue weighted by molar-refractivity contribution is -0.138. The Hall–Kier alpha value is -4.83. The molecule has 0 aliphatic carbocycles. The lowest BCUT2D eigenvalue weighted by atomic mass is 9.93. The van der Waals surface area contributed by atoms with Crippen molar-refractivity contribution in [2.75, 3.05) is 20.5 Å². The number of phenols is 1. The van der Waals surface area contributed by atoms with Crippen molar-refractivity contribution >= 4 is 29.1 Å².